The maximum atomic E-state index is 3.84. The summed E-state index contributed by atoms with van der Waals surface area (Å²) in [6.07, 6.45) is 11.6. The highest BCUT2D eigenvalue weighted by Crippen LogP contribution is 2.31. The topological polar surface area (TPSA) is 12.0 Å². The summed E-state index contributed by atoms with van der Waals surface area (Å²) in [7, 11) is 0. The van der Waals surface area contributed by atoms with Gasteiger partial charge in [-0.2, -0.15) is 0 Å². The maximum Gasteiger partial charge on any atom is 0.00721 e. The second-order valence-electron chi connectivity index (χ2n) is 7.49. The zero-order valence-corrected chi connectivity index (χ0v) is 12.8. The molecule has 2 rings (SSSR count). The van der Waals surface area contributed by atoms with Gasteiger partial charge in [0.1, 0.15) is 0 Å². The van der Waals surface area contributed by atoms with Gasteiger partial charge in [-0.25, -0.2) is 0 Å². The van der Waals surface area contributed by atoms with Crippen LogP contribution >= 0.6 is 0 Å². The molecule has 1 heteroatoms. The van der Waals surface area contributed by atoms with Crippen molar-refractivity contribution in [2.24, 2.45) is 23.7 Å². The van der Waals surface area contributed by atoms with Crippen molar-refractivity contribution in [2.75, 3.05) is 6.54 Å². The monoisotopic (exact) mass is 251 g/mol. The lowest BCUT2D eigenvalue weighted by Crippen LogP contribution is -2.37. The molecule has 0 bridgehead atoms. The third-order valence-electron chi connectivity index (χ3n) is 5.21. The van der Waals surface area contributed by atoms with Gasteiger partial charge in [-0.15, -0.1) is 0 Å². The molecule has 0 aromatic carbocycles. The van der Waals surface area contributed by atoms with E-state index in [1.807, 2.05) is 0 Å². The first kappa shape index (κ1) is 14.4. The Kier molecular flexibility index (Phi) is 5.54. The van der Waals surface area contributed by atoms with E-state index in [1.54, 1.807) is 0 Å². The summed E-state index contributed by atoms with van der Waals surface area (Å²) in [4.78, 5) is 0. The van der Waals surface area contributed by atoms with Crippen molar-refractivity contribution in [1.29, 1.82) is 0 Å². The Hall–Kier alpha value is -0.0400. The van der Waals surface area contributed by atoms with E-state index in [0.29, 0.717) is 0 Å². The van der Waals surface area contributed by atoms with E-state index in [-0.39, 0.29) is 0 Å². The number of hydrogen-bond acceptors (Lipinski definition) is 1. The molecule has 2 aliphatic carbocycles. The molecule has 0 aromatic heterocycles. The minimum Gasteiger partial charge on any atom is -0.314 e. The molecule has 4 unspecified atom stereocenters. The van der Waals surface area contributed by atoms with E-state index in [4.69, 9.17) is 0 Å². The number of hydrogen-bond donors (Lipinski definition) is 1. The van der Waals surface area contributed by atoms with E-state index in [9.17, 15) is 0 Å². The molecule has 0 saturated heterocycles. The molecule has 0 amide bonds. The Morgan fingerprint density at radius 1 is 0.833 bits per heavy atom. The lowest BCUT2D eigenvalue weighted by molar-refractivity contribution is 0.225. The second kappa shape index (κ2) is 6.93. The predicted octanol–water partition coefficient (Wildman–Crippen LogP) is 4.62. The average molecular weight is 251 g/mol. The lowest BCUT2D eigenvalue weighted by atomic mass is 9.79. The quantitative estimate of drug-likeness (QED) is 0.769. The number of rotatable bonds is 4. The largest absolute Gasteiger partial charge is 0.314 e. The van der Waals surface area contributed by atoms with Crippen LogP contribution in [-0.2, 0) is 0 Å². The van der Waals surface area contributed by atoms with Crippen molar-refractivity contribution in [3.63, 3.8) is 0 Å². The lowest BCUT2D eigenvalue weighted by Gasteiger charge is -2.33. The first-order valence-corrected chi connectivity index (χ1v) is 8.37. The fourth-order valence-corrected chi connectivity index (χ4v) is 4.43. The molecule has 0 aliphatic heterocycles. The van der Waals surface area contributed by atoms with E-state index in [2.05, 4.69) is 26.1 Å². The maximum absolute atomic E-state index is 3.84. The zero-order valence-electron chi connectivity index (χ0n) is 12.8. The van der Waals surface area contributed by atoms with Crippen molar-refractivity contribution in [1.82, 2.24) is 5.32 Å². The van der Waals surface area contributed by atoms with Crippen molar-refractivity contribution in [2.45, 2.75) is 78.2 Å². The van der Waals surface area contributed by atoms with Gasteiger partial charge in [0.05, 0.1) is 0 Å². The smallest absolute Gasteiger partial charge is 0.00721 e. The van der Waals surface area contributed by atoms with Gasteiger partial charge in [0.25, 0.3) is 0 Å². The molecule has 1 nitrogen and oxygen atoms in total. The highest BCUT2D eigenvalue weighted by Gasteiger charge is 2.24. The zero-order chi connectivity index (χ0) is 13.0. The molecule has 0 heterocycles. The third kappa shape index (κ3) is 4.57. The van der Waals surface area contributed by atoms with E-state index in [0.717, 1.165) is 29.7 Å². The van der Waals surface area contributed by atoms with Gasteiger partial charge >= 0.3 is 0 Å². The molecule has 2 fully saturated rings. The van der Waals surface area contributed by atoms with Crippen LogP contribution in [0.15, 0.2) is 0 Å². The SMILES string of the molecule is CC1CCCC(CCNC2CC(C)CC(C)C2)C1. The van der Waals surface area contributed by atoms with Gasteiger partial charge in [-0.3, -0.25) is 0 Å². The summed E-state index contributed by atoms with van der Waals surface area (Å²) in [6, 6.07) is 0.810. The van der Waals surface area contributed by atoms with Crippen LogP contribution in [0, 0.1) is 23.7 Å². The molecule has 1 N–H and O–H groups in total. The van der Waals surface area contributed by atoms with Crippen LogP contribution in [0.2, 0.25) is 0 Å². The standard InChI is InChI=1S/C17H33N/c1-13-5-4-6-16(10-13)7-8-18-17-11-14(2)9-15(3)12-17/h13-18H,4-12H2,1-3H3. The predicted molar refractivity (Wildman–Crippen MR) is 79.7 cm³/mol. The molecule has 2 saturated carbocycles. The molecular formula is C17H33N. The van der Waals surface area contributed by atoms with Crippen LogP contribution in [0.4, 0.5) is 0 Å². The van der Waals surface area contributed by atoms with Crippen LogP contribution in [0.5, 0.6) is 0 Å². The van der Waals surface area contributed by atoms with Gasteiger partial charge in [0.2, 0.25) is 0 Å². The Morgan fingerprint density at radius 2 is 1.56 bits per heavy atom. The minimum absolute atomic E-state index is 0.810. The highest BCUT2D eigenvalue weighted by atomic mass is 14.9. The fraction of sp³-hybridized carbons (Fsp3) is 1.00. The molecule has 106 valence electrons. The summed E-state index contributed by atoms with van der Waals surface area (Å²) in [5, 5.41) is 3.84. The Labute approximate surface area is 114 Å². The first-order chi connectivity index (χ1) is 8.63. The minimum atomic E-state index is 0.810. The fourth-order valence-electron chi connectivity index (χ4n) is 4.43. The van der Waals surface area contributed by atoms with E-state index >= 15 is 0 Å². The summed E-state index contributed by atoms with van der Waals surface area (Å²) in [5.41, 5.74) is 0. The first-order valence-electron chi connectivity index (χ1n) is 8.37. The Bertz CT molecular complexity index is 228. The summed E-state index contributed by atoms with van der Waals surface area (Å²) in [5.74, 6) is 3.86. The molecule has 0 radical (unpaired) electrons. The second-order valence-corrected chi connectivity index (χ2v) is 7.49. The number of nitrogens with one attached hydrogen (secondary N) is 1. The molecule has 2 aliphatic rings. The average Bonchev–Trinajstić information content (AvgIpc) is 2.27. The van der Waals surface area contributed by atoms with Crippen molar-refractivity contribution in [3.8, 4) is 0 Å². The molecule has 0 spiro atoms. The molecule has 18 heavy (non-hydrogen) atoms. The van der Waals surface area contributed by atoms with E-state index in [1.165, 1.54) is 57.9 Å². The molecule has 0 aromatic rings. The summed E-state index contributed by atoms with van der Waals surface area (Å²) in [6.45, 7) is 8.55. The highest BCUT2D eigenvalue weighted by molar-refractivity contribution is 4.80. The van der Waals surface area contributed by atoms with Gasteiger partial charge in [-0.1, -0.05) is 40.0 Å². The van der Waals surface area contributed by atoms with Crippen LogP contribution in [-0.4, -0.2) is 12.6 Å². The van der Waals surface area contributed by atoms with Crippen LogP contribution in [0.3, 0.4) is 0 Å². The summed E-state index contributed by atoms with van der Waals surface area (Å²) < 4.78 is 0. The Balaban J connectivity index is 1.62. The van der Waals surface area contributed by atoms with Crippen LogP contribution in [0.25, 0.3) is 0 Å². The van der Waals surface area contributed by atoms with Gasteiger partial charge < -0.3 is 5.32 Å². The van der Waals surface area contributed by atoms with Crippen molar-refractivity contribution in [3.05, 3.63) is 0 Å². The van der Waals surface area contributed by atoms with Crippen molar-refractivity contribution < 1.29 is 0 Å². The van der Waals surface area contributed by atoms with Crippen LogP contribution < -0.4 is 5.32 Å². The van der Waals surface area contributed by atoms with Gasteiger partial charge in [-0.05, 0) is 62.3 Å². The summed E-state index contributed by atoms with van der Waals surface area (Å²) >= 11 is 0. The van der Waals surface area contributed by atoms with Gasteiger partial charge in [0.15, 0.2) is 0 Å². The third-order valence-corrected chi connectivity index (χ3v) is 5.21. The van der Waals surface area contributed by atoms with Crippen LogP contribution in [0.1, 0.15) is 72.1 Å². The Morgan fingerprint density at radius 3 is 2.22 bits per heavy atom. The van der Waals surface area contributed by atoms with Gasteiger partial charge in [0, 0.05) is 6.04 Å². The molecular weight excluding hydrogens is 218 g/mol. The van der Waals surface area contributed by atoms with Crippen molar-refractivity contribution >= 4 is 0 Å². The normalized spacial score (nSPS) is 41.8. The molecule has 4 atom stereocenters. The van der Waals surface area contributed by atoms with E-state index < -0.39 is 0 Å².